The number of pyridine rings is 1. The normalized spacial score (nSPS) is 12.5. The minimum atomic E-state index is -3.87. The predicted octanol–water partition coefficient (Wildman–Crippen LogP) is 4.09. The van der Waals surface area contributed by atoms with Gasteiger partial charge in [0.05, 0.1) is 8.81 Å². The smallest absolute Gasteiger partial charge is 0.250 e. The number of sulfonamides is 1. The van der Waals surface area contributed by atoms with Crippen LogP contribution in [0.15, 0.2) is 68.8 Å². The molecule has 0 aliphatic carbocycles. The summed E-state index contributed by atoms with van der Waals surface area (Å²) in [5.74, 6) is -0.233. The molecular weight excluding hydrogens is 486 g/mol. The number of halogens is 2. The minimum Gasteiger partial charge on any atom is -0.309 e. The van der Waals surface area contributed by atoms with E-state index in [0.717, 1.165) is 16.9 Å². The number of hydrogen-bond acceptors (Lipinski definition) is 5. The number of thiophene rings is 1. The molecule has 3 aromatic rings. The lowest BCUT2D eigenvalue weighted by molar-refractivity contribution is -0.117. The molecule has 1 unspecified atom stereocenters. The number of carbonyl (C=O) groups excluding carboxylic acids is 1. The number of nitrogens with one attached hydrogen (secondary N) is 2. The summed E-state index contributed by atoms with van der Waals surface area (Å²) in [5, 5.41) is 3.06. The van der Waals surface area contributed by atoms with E-state index < -0.39 is 22.0 Å². The second kappa shape index (κ2) is 9.15. The van der Waals surface area contributed by atoms with Crippen molar-refractivity contribution in [1.82, 2.24) is 9.71 Å². The van der Waals surface area contributed by atoms with Crippen LogP contribution in [0.3, 0.4) is 0 Å². The first-order chi connectivity index (χ1) is 13.3. The van der Waals surface area contributed by atoms with E-state index in [-0.39, 0.29) is 16.4 Å². The Labute approximate surface area is 180 Å². The van der Waals surface area contributed by atoms with Gasteiger partial charge in [-0.15, -0.1) is 11.3 Å². The molecule has 2 heterocycles. The van der Waals surface area contributed by atoms with Crippen molar-refractivity contribution in [3.63, 3.8) is 0 Å². The fourth-order valence-corrected chi connectivity index (χ4v) is 5.72. The van der Waals surface area contributed by atoms with E-state index >= 15 is 0 Å². The van der Waals surface area contributed by atoms with E-state index in [0.29, 0.717) is 8.81 Å². The van der Waals surface area contributed by atoms with Gasteiger partial charge in [-0.25, -0.2) is 13.4 Å². The van der Waals surface area contributed by atoms with E-state index in [1.54, 1.807) is 18.2 Å². The highest BCUT2D eigenvalue weighted by Crippen LogP contribution is 2.26. The highest BCUT2D eigenvalue weighted by atomic mass is 79.9. The van der Waals surface area contributed by atoms with Gasteiger partial charge in [-0.05, 0) is 52.2 Å². The van der Waals surface area contributed by atoms with E-state index in [1.807, 2.05) is 30.3 Å². The summed E-state index contributed by atoms with van der Waals surface area (Å²) in [4.78, 5) is 16.8. The lowest BCUT2D eigenvalue weighted by atomic mass is 10.1. The summed E-state index contributed by atoms with van der Waals surface area (Å²) in [6, 6.07) is 14.4. The second-order valence-corrected chi connectivity index (χ2v) is 10.6. The van der Waals surface area contributed by atoms with Gasteiger partial charge in [-0.2, -0.15) is 4.72 Å². The molecule has 1 amide bonds. The molecular formula is C18H15BrClN3O3S2. The van der Waals surface area contributed by atoms with Crippen LogP contribution >= 0.6 is 38.9 Å². The molecule has 1 atom stereocenters. The molecule has 146 valence electrons. The lowest BCUT2D eigenvalue weighted by Gasteiger charge is -2.18. The number of hydrogen-bond donors (Lipinski definition) is 2. The molecule has 0 aliphatic heterocycles. The van der Waals surface area contributed by atoms with Gasteiger partial charge >= 0.3 is 0 Å². The van der Waals surface area contributed by atoms with Crippen molar-refractivity contribution in [2.75, 3.05) is 5.32 Å². The quantitative estimate of drug-likeness (QED) is 0.511. The molecule has 0 aliphatic rings. The van der Waals surface area contributed by atoms with Crippen LogP contribution in [0.25, 0.3) is 0 Å². The van der Waals surface area contributed by atoms with E-state index in [1.165, 1.54) is 12.3 Å². The zero-order valence-corrected chi connectivity index (χ0v) is 18.3. The highest BCUT2D eigenvalue weighted by molar-refractivity contribution is 9.11. The summed E-state index contributed by atoms with van der Waals surface area (Å²) in [7, 11) is -3.87. The number of aromatic nitrogens is 1. The molecule has 0 saturated carbocycles. The lowest BCUT2D eigenvalue weighted by Crippen LogP contribution is -2.45. The van der Waals surface area contributed by atoms with E-state index in [9.17, 15) is 13.2 Å². The number of nitrogens with zero attached hydrogens (tertiary/aromatic N) is 1. The highest BCUT2D eigenvalue weighted by Gasteiger charge is 2.27. The first kappa shape index (κ1) is 20.9. The van der Waals surface area contributed by atoms with Crippen LogP contribution in [0.4, 0.5) is 5.82 Å². The Bertz CT molecular complexity index is 1060. The standard InChI is InChI=1S/C18H15BrClN3O3S2/c19-15-7-9-17(27-15)28(25,26)23-14(10-12-4-2-1-3-5-12)18(24)22-16-8-6-13(20)11-21-16/h1-9,11,14,23H,10H2,(H,21,22,24). The molecule has 6 nitrogen and oxygen atoms in total. The van der Waals surface area contributed by atoms with Crippen LogP contribution in [-0.2, 0) is 21.2 Å². The van der Waals surface area contributed by atoms with Gasteiger partial charge in [0.15, 0.2) is 0 Å². The average molecular weight is 501 g/mol. The first-order valence-corrected chi connectivity index (χ1v) is 11.5. The number of amides is 1. The Kier molecular flexibility index (Phi) is 6.84. The van der Waals surface area contributed by atoms with Crippen LogP contribution in [0, 0.1) is 0 Å². The molecule has 1 aromatic carbocycles. The van der Waals surface area contributed by atoms with Crippen molar-refractivity contribution >= 4 is 60.6 Å². The van der Waals surface area contributed by atoms with Crippen molar-refractivity contribution in [2.24, 2.45) is 0 Å². The number of carbonyl (C=O) groups is 1. The monoisotopic (exact) mass is 499 g/mol. The zero-order chi connectivity index (χ0) is 20.1. The van der Waals surface area contributed by atoms with Gasteiger partial charge < -0.3 is 5.32 Å². The molecule has 2 aromatic heterocycles. The first-order valence-electron chi connectivity index (χ1n) is 8.07. The maximum atomic E-state index is 12.8. The summed E-state index contributed by atoms with van der Waals surface area (Å²) in [6.45, 7) is 0. The molecule has 0 spiro atoms. The molecule has 0 radical (unpaired) electrons. The molecule has 10 heteroatoms. The summed E-state index contributed by atoms with van der Waals surface area (Å²) < 4.78 is 28.7. The van der Waals surface area contributed by atoms with Crippen molar-refractivity contribution in [2.45, 2.75) is 16.7 Å². The van der Waals surface area contributed by atoms with Gasteiger partial charge in [0.2, 0.25) is 5.91 Å². The van der Waals surface area contributed by atoms with Crippen molar-refractivity contribution in [3.05, 3.63) is 75.2 Å². The number of rotatable bonds is 7. The van der Waals surface area contributed by atoms with Crippen LogP contribution < -0.4 is 10.0 Å². The van der Waals surface area contributed by atoms with Crippen LogP contribution in [-0.4, -0.2) is 25.4 Å². The molecule has 2 N–H and O–H groups in total. The topological polar surface area (TPSA) is 88.2 Å². The predicted molar refractivity (Wildman–Crippen MR) is 114 cm³/mol. The fourth-order valence-electron chi connectivity index (χ4n) is 2.39. The molecule has 0 fully saturated rings. The van der Waals surface area contributed by atoms with Gasteiger partial charge in [0.1, 0.15) is 16.1 Å². The van der Waals surface area contributed by atoms with E-state index in [2.05, 4.69) is 31.0 Å². The third-order valence-corrected chi connectivity index (χ3v) is 7.50. The Morgan fingerprint density at radius 2 is 1.89 bits per heavy atom. The maximum absolute atomic E-state index is 12.8. The summed E-state index contributed by atoms with van der Waals surface area (Å²) in [6.07, 6.45) is 1.59. The Morgan fingerprint density at radius 1 is 1.14 bits per heavy atom. The number of anilines is 1. The summed E-state index contributed by atoms with van der Waals surface area (Å²) >= 11 is 10.1. The van der Waals surface area contributed by atoms with Crippen molar-refractivity contribution in [3.8, 4) is 0 Å². The molecule has 0 bridgehead atoms. The molecule has 0 saturated heterocycles. The zero-order valence-electron chi connectivity index (χ0n) is 14.3. The number of benzene rings is 1. The Morgan fingerprint density at radius 3 is 2.50 bits per heavy atom. The van der Waals surface area contributed by atoms with Crippen LogP contribution in [0.2, 0.25) is 5.02 Å². The average Bonchev–Trinajstić information content (AvgIpc) is 3.11. The maximum Gasteiger partial charge on any atom is 0.250 e. The molecule has 3 rings (SSSR count). The van der Waals surface area contributed by atoms with Crippen molar-refractivity contribution < 1.29 is 13.2 Å². The fraction of sp³-hybridized carbons (Fsp3) is 0.111. The second-order valence-electron chi connectivity index (χ2n) is 5.77. The van der Waals surface area contributed by atoms with Gasteiger partial charge in [0.25, 0.3) is 10.0 Å². The van der Waals surface area contributed by atoms with Crippen molar-refractivity contribution in [1.29, 1.82) is 0 Å². The third kappa shape index (κ3) is 5.62. The SMILES string of the molecule is O=C(Nc1ccc(Cl)cn1)C(Cc1ccccc1)NS(=O)(=O)c1ccc(Br)s1. The Balaban J connectivity index is 1.83. The van der Waals surface area contributed by atoms with Crippen LogP contribution in [0.5, 0.6) is 0 Å². The summed E-state index contributed by atoms with van der Waals surface area (Å²) in [5.41, 5.74) is 0.821. The molecule has 28 heavy (non-hydrogen) atoms. The van der Waals surface area contributed by atoms with Crippen LogP contribution in [0.1, 0.15) is 5.56 Å². The van der Waals surface area contributed by atoms with E-state index in [4.69, 9.17) is 11.6 Å². The van der Waals surface area contributed by atoms with Gasteiger partial charge in [0, 0.05) is 6.20 Å². The van der Waals surface area contributed by atoms with Gasteiger partial charge in [-0.1, -0.05) is 41.9 Å². The Hall–Kier alpha value is -1.78. The largest absolute Gasteiger partial charge is 0.309 e. The third-order valence-electron chi connectivity index (χ3n) is 3.69. The van der Waals surface area contributed by atoms with Gasteiger partial charge in [-0.3, -0.25) is 4.79 Å². The minimum absolute atomic E-state index is 0.120.